The van der Waals surface area contributed by atoms with Gasteiger partial charge in [-0.2, -0.15) is 5.10 Å². The molecule has 0 aliphatic carbocycles. The lowest BCUT2D eigenvalue weighted by molar-refractivity contribution is -0.131. The number of carbonyl (C=O) groups is 2. The van der Waals surface area contributed by atoms with E-state index in [1.807, 2.05) is 51.2 Å². The van der Waals surface area contributed by atoms with E-state index in [4.69, 9.17) is 4.74 Å². The molecule has 1 fully saturated rings. The molecule has 1 aromatic rings. The van der Waals surface area contributed by atoms with Crippen molar-refractivity contribution >= 4 is 12.0 Å². The van der Waals surface area contributed by atoms with Crippen LogP contribution in [0.25, 0.3) is 0 Å². The van der Waals surface area contributed by atoms with Gasteiger partial charge in [0.05, 0.1) is 12.1 Å². The zero-order valence-electron chi connectivity index (χ0n) is 16.9. The monoisotopic (exact) mass is 364 g/mol. The van der Waals surface area contributed by atoms with Crippen LogP contribution >= 0.6 is 0 Å². The molecule has 2 rings (SSSR count). The quantitative estimate of drug-likeness (QED) is 0.890. The van der Waals surface area contributed by atoms with E-state index in [2.05, 4.69) is 10.4 Å². The molecule has 1 aliphatic rings. The van der Waals surface area contributed by atoms with Crippen molar-refractivity contribution in [2.75, 3.05) is 19.6 Å². The summed E-state index contributed by atoms with van der Waals surface area (Å²) < 4.78 is 7.08. The van der Waals surface area contributed by atoms with Crippen molar-refractivity contribution in [1.29, 1.82) is 0 Å². The van der Waals surface area contributed by atoms with Crippen molar-refractivity contribution in [2.45, 2.75) is 59.5 Å². The summed E-state index contributed by atoms with van der Waals surface area (Å²) in [5.41, 5.74) is 2.52. The lowest BCUT2D eigenvalue weighted by atomic mass is 9.96. The largest absolute Gasteiger partial charge is 0.444 e. The Labute approximate surface area is 156 Å². The highest BCUT2D eigenvalue weighted by Gasteiger charge is 2.25. The van der Waals surface area contributed by atoms with E-state index in [9.17, 15) is 9.59 Å². The molecular formula is C19H32N4O3. The van der Waals surface area contributed by atoms with Gasteiger partial charge in [-0.15, -0.1) is 0 Å². The molecule has 0 unspecified atom stereocenters. The molecule has 0 aromatic carbocycles. The smallest absolute Gasteiger partial charge is 0.407 e. The van der Waals surface area contributed by atoms with Crippen molar-refractivity contribution in [3.8, 4) is 0 Å². The Morgan fingerprint density at radius 3 is 2.35 bits per heavy atom. The lowest BCUT2D eigenvalue weighted by Crippen LogP contribution is -2.43. The minimum Gasteiger partial charge on any atom is -0.444 e. The number of piperidine rings is 1. The van der Waals surface area contributed by atoms with Gasteiger partial charge in [0.15, 0.2) is 0 Å². The summed E-state index contributed by atoms with van der Waals surface area (Å²) in [6.45, 7) is 11.6. The Morgan fingerprint density at radius 1 is 1.23 bits per heavy atom. The fourth-order valence-electron chi connectivity index (χ4n) is 3.26. The number of likely N-dealkylation sites (tertiary alicyclic amines) is 1. The van der Waals surface area contributed by atoms with Gasteiger partial charge in [-0.1, -0.05) is 0 Å². The van der Waals surface area contributed by atoms with Crippen LogP contribution in [0.5, 0.6) is 0 Å². The molecule has 2 heterocycles. The molecule has 0 saturated carbocycles. The van der Waals surface area contributed by atoms with E-state index in [0.717, 1.165) is 42.9 Å². The van der Waals surface area contributed by atoms with Crippen LogP contribution in [0.2, 0.25) is 0 Å². The number of aromatic nitrogens is 2. The van der Waals surface area contributed by atoms with Crippen molar-refractivity contribution in [3.63, 3.8) is 0 Å². The third kappa shape index (κ3) is 5.47. The lowest BCUT2D eigenvalue weighted by Gasteiger charge is -2.32. The number of hydrogen-bond donors (Lipinski definition) is 1. The molecule has 0 atom stereocenters. The number of alkyl carbamates (subject to hydrolysis) is 1. The summed E-state index contributed by atoms with van der Waals surface area (Å²) in [6.07, 6.45) is 1.82. The number of nitrogens with one attached hydrogen (secondary N) is 1. The van der Waals surface area contributed by atoms with E-state index >= 15 is 0 Å². The Hall–Kier alpha value is -2.05. The molecule has 7 heteroatoms. The number of hydrogen-bond acceptors (Lipinski definition) is 4. The number of nitrogens with zero attached hydrogens (tertiary/aromatic N) is 3. The van der Waals surface area contributed by atoms with Gasteiger partial charge in [-0.25, -0.2) is 4.79 Å². The zero-order chi connectivity index (χ0) is 19.5. The predicted octanol–water partition coefficient (Wildman–Crippen LogP) is 2.34. The summed E-state index contributed by atoms with van der Waals surface area (Å²) in [7, 11) is 1.90. The normalized spacial score (nSPS) is 15.8. The number of ether oxygens (including phenoxy) is 1. The second-order valence-corrected chi connectivity index (χ2v) is 8.16. The number of carbonyl (C=O) groups excluding carboxylic acids is 2. The molecule has 1 N–H and O–H groups in total. The highest BCUT2D eigenvalue weighted by Crippen LogP contribution is 2.19. The van der Waals surface area contributed by atoms with Gasteiger partial charge >= 0.3 is 6.09 Å². The summed E-state index contributed by atoms with van der Waals surface area (Å²) in [5, 5.41) is 7.22. The van der Waals surface area contributed by atoms with E-state index in [-0.39, 0.29) is 12.0 Å². The van der Waals surface area contributed by atoms with Crippen LogP contribution in [0.3, 0.4) is 0 Å². The second-order valence-electron chi connectivity index (χ2n) is 8.16. The van der Waals surface area contributed by atoms with E-state index < -0.39 is 5.60 Å². The van der Waals surface area contributed by atoms with Gasteiger partial charge in [0, 0.05) is 37.9 Å². The fourth-order valence-corrected chi connectivity index (χ4v) is 3.26. The van der Waals surface area contributed by atoms with Gasteiger partial charge in [0.25, 0.3) is 0 Å². The second kappa shape index (κ2) is 8.10. The predicted molar refractivity (Wildman–Crippen MR) is 99.9 cm³/mol. The van der Waals surface area contributed by atoms with E-state index in [1.54, 1.807) is 0 Å². The highest BCUT2D eigenvalue weighted by molar-refractivity contribution is 5.79. The first-order chi connectivity index (χ1) is 12.1. The molecule has 7 nitrogen and oxygen atoms in total. The summed E-state index contributed by atoms with van der Waals surface area (Å²) in [6, 6.07) is 0. The van der Waals surface area contributed by atoms with Gasteiger partial charge in [0.1, 0.15) is 5.60 Å². The molecule has 1 saturated heterocycles. The SMILES string of the molecule is Cc1nn(C)c(C)c1CC(=O)N1CCC(CNC(=O)OC(C)(C)C)CC1. The first kappa shape index (κ1) is 20.3. The maximum Gasteiger partial charge on any atom is 0.407 e. The van der Waals surface area contributed by atoms with Crippen molar-refractivity contribution < 1.29 is 14.3 Å². The Balaban J connectivity index is 1.77. The molecular weight excluding hydrogens is 332 g/mol. The topological polar surface area (TPSA) is 76.5 Å². The standard InChI is InChI=1S/C19H32N4O3/c1-13-16(14(2)22(6)21-13)11-17(24)23-9-7-15(8-10-23)12-20-18(25)26-19(3,4)5/h15H,7-12H2,1-6H3,(H,20,25). The molecule has 2 amide bonds. The van der Waals surface area contributed by atoms with Gasteiger partial charge < -0.3 is 15.0 Å². The minimum atomic E-state index is -0.484. The van der Waals surface area contributed by atoms with Crippen LogP contribution in [-0.4, -0.2) is 51.9 Å². The zero-order valence-corrected chi connectivity index (χ0v) is 16.9. The summed E-state index contributed by atoms with van der Waals surface area (Å²) in [4.78, 5) is 26.3. The molecule has 0 spiro atoms. The molecule has 26 heavy (non-hydrogen) atoms. The van der Waals surface area contributed by atoms with E-state index in [1.165, 1.54) is 0 Å². The molecule has 0 bridgehead atoms. The number of aryl methyl sites for hydroxylation is 2. The van der Waals surface area contributed by atoms with Crippen LogP contribution in [0.1, 0.15) is 50.6 Å². The highest BCUT2D eigenvalue weighted by atomic mass is 16.6. The van der Waals surface area contributed by atoms with Crippen LogP contribution in [0.4, 0.5) is 4.79 Å². The average molecular weight is 364 g/mol. The number of amides is 2. The van der Waals surface area contributed by atoms with Crippen molar-refractivity contribution in [2.24, 2.45) is 13.0 Å². The summed E-state index contributed by atoms with van der Waals surface area (Å²) in [5.74, 6) is 0.538. The maximum atomic E-state index is 12.6. The molecule has 1 aromatic heterocycles. The molecule has 0 radical (unpaired) electrons. The van der Waals surface area contributed by atoms with Crippen molar-refractivity contribution in [1.82, 2.24) is 20.0 Å². The van der Waals surface area contributed by atoms with Gasteiger partial charge in [-0.3, -0.25) is 9.48 Å². The first-order valence-electron chi connectivity index (χ1n) is 9.30. The number of rotatable bonds is 4. The Bertz CT molecular complexity index is 652. The van der Waals surface area contributed by atoms with Gasteiger partial charge in [-0.05, 0) is 53.4 Å². The average Bonchev–Trinajstić information content (AvgIpc) is 2.78. The maximum absolute atomic E-state index is 12.6. The van der Waals surface area contributed by atoms with Crippen molar-refractivity contribution in [3.05, 3.63) is 17.0 Å². The minimum absolute atomic E-state index is 0.155. The Kier molecular flexibility index (Phi) is 6.31. The van der Waals surface area contributed by atoms with Crippen LogP contribution < -0.4 is 5.32 Å². The Morgan fingerprint density at radius 2 is 1.85 bits per heavy atom. The third-order valence-corrected chi connectivity index (χ3v) is 4.89. The van der Waals surface area contributed by atoms with Crippen LogP contribution in [-0.2, 0) is 23.0 Å². The summed E-state index contributed by atoms with van der Waals surface area (Å²) >= 11 is 0. The molecule has 146 valence electrons. The fraction of sp³-hybridized carbons (Fsp3) is 0.737. The molecule has 1 aliphatic heterocycles. The van der Waals surface area contributed by atoms with Crippen LogP contribution in [0, 0.1) is 19.8 Å². The first-order valence-corrected chi connectivity index (χ1v) is 9.30. The van der Waals surface area contributed by atoms with Crippen LogP contribution in [0.15, 0.2) is 0 Å². The van der Waals surface area contributed by atoms with E-state index in [0.29, 0.717) is 18.9 Å². The van der Waals surface area contributed by atoms with Gasteiger partial charge in [0.2, 0.25) is 5.91 Å². The third-order valence-electron chi connectivity index (χ3n) is 4.89.